The third kappa shape index (κ3) is 6.64. The first-order valence-electron chi connectivity index (χ1n) is 11.1. The molecule has 31 heavy (non-hydrogen) atoms. The van der Waals surface area contributed by atoms with Crippen molar-refractivity contribution in [1.82, 2.24) is 20.3 Å². The van der Waals surface area contributed by atoms with E-state index in [1.807, 2.05) is 13.0 Å². The quantitative estimate of drug-likeness (QED) is 0.579. The van der Waals surface area contributed by atoms with E-state index in [1.54, 1.807) is 6.08 Å². The molecule has 2 aromatic rings. The van der Waals surface area contributed by atoms with Gasteiger partial charge in [0.15, 0.2) is 0 Å². The van der Waals surface area contributed by atoms with E-state index >= 15 is 0 Å². The van der Waals surface area contributed by atoms with Gasteiger partial charge in [-0.1, -0.05) is 33.3 Å². The van der Waals surface area contributed by atoms with Crippen molar-refractivity contribution in [3.05, 3.63) is 46.2 Å². The fourth-order valence-electron chi connectivity index (χ4n) is 3.15. The van der Waals surface area contributed by atoms with Gasteiger partial charge in [0, 0.05) is 36.3 Å². The van der Waals surface area contributed by atoms with Crippen molar-refractivity contribution in [2.45, 2.75) is 72.8 Å². The number of hydrogen-bond acceptors (Lipinski definition) is 4. The van der Waals surface area contributed by atoms with Gasteiger partial charge in [0.2, 0.25) is 0 Å². The normalized spacial score (nSPS) is 13.5. The Kier molecular flexibility index (Phi) is 8.77. The summed E-state index contributed by atoms with van der Waals surface area (Å²) < 4.78 is 12.7. The number of H-pyrrole nitrogens is 1. The molecule has 7 heteroatoms. The summed E-state index contributed by atoms with van der Waals surface area (Å²) in [6.07, 6.45) is 6.56. The third-order valence-corrected chi connectivity index (χ3v) is 5.10. The molecule has 1 aliphatic rings. The molecule has 1 amide bonds. The summed E-state index contributed by atoms with van der Waals surface area (Å²) in [5, 5.41) is 6.31. The molecule has 6 nitrogen and oxygen atoms in total. The van der Waals surface area contributed by atoms with E-state index in [-0.39, 0.29) is 11.4 Å². The first-order valence-corrected chi connectivity index (χ1v) is 11.1. The summed E-state index contributed by atoms with van der Waals surface area (Å²) in [5.74, 6) is 0.677. The highest BCUT2D eigenvalue weighted by Gasteiger charge is 2.22. The summed E-state index contributed by atoms with van der Waals surface area (Å²) in [6, 6.07) is 1.87. The zero-order valence-electron chi connectivity index (χ0n) is 19.7. The maximum Gasteiger partial charge on any atom is 0.253 e. The smallest absolute Gasteiger partial charge is 0.253 e. The highest BCUT2D eigenvalue weighted by atomic mass is 19.1. The molecule has 3 N–H and O–H groups in total. The maximum atomic E-state index is 12.7. The SMILES string of the molecule is CCC.CCC(C)(C)Nc1nc(Cc2cc3c([nH]2)CCNC3=O)c(/C=C\CF)nc1C. The number of aryl methyl sites for hydroxylation is 1. The maximum absolute atomic E-state index is 12.7. The molecular formula is C24H36FN5O. The number of alkyl halides is 1. The number of anilines is 1. The van der Waals surface area contributed by atoms with Crippen LogP contribution in [0.25, 0.3) is 6.08 Å². The fraction of sp³-hybridized carbons (Fsp3) is 0.542. The zero-order valence-corrected chi connectivity index (χ0v) is 19.7. The monoisotopic (exact) mass is 429 g/mol. The molecule has 0 bridgehead atoms. The van der Waals surface area contributed by atoms with Gasteiger partial charge in [-0.2, -0.15) is 0 Å². The van der Waals surface area contributed by atoms with Crippen LogP contribution in [0.3, 0.4) is 0 Å². The number of halogens is 1. The van der Waals surface area contributed by atoms with Crippen molar-refractivity contribution in [1.29, 1.82) is 0 Å². The second-order valence-corrected chi connectivity index (χ2v) is 8.49. The Balaban J connectivity index is 0.00000107. The van der Waals surface area contributed by atoms with Gasteiger partial charge < -0.3 is 15.6 Å². The zero-order chi connectivity index (χ0) is 23.0. The van der Waals surface area contributed by atoms with Gasteiger partial charge in [-0.15, -0.1) is 0 Å². The molecule has 0 spiro atoms. The van der Waals surface area contributed by atoms with E-state index in [2.05, 4.69) is 55.2 Å². The Morgan fingerprint density at radius 1 is 1.26 bits per heavy atom. The van der Waals surface area contributed by atoms with Crippen LogP contribution >= 0.6 is 0 Å². The Hall–Kier alpha value is -2.70. The summed E-state index contributed by atoms with van der Waals surface area (Å²) >= 11 is 0. The number of allylic oxidation sites excluding steroid dienone is 1. The molecule has 0 radical (unpaired) electrons. The van der Waals surface area contributed by atoms with Crippen molar-refractivity contribution >= 4 is 17.8 Å². The predicted octanol–water partition coefficient (Wildman–Crippen LogP) is 4.99. The van der Waals surface area contributed by atoms with Crippen LogP contribution in [0.15, 0.2) is 12.1 Å². The highest BCUT2D eigenvalue weighted by molar-refractivity contribution is 5.96. The minimum absolute atomic E-state index is 0.0525. The van der Waals surface area contributed by atoms with Gasteiger partial charge in [0.1, 0.15) is 12.5 Å². The van der Waals surface area contributed by atoms with Gasteiger partial charge in [-0.05, 0) is 39.3 Å². The minimum atomic E-state index is -0.556. The molecule has 0 aliphatic carbocycles. The lowest BCUT2D eigenvalue weighted by Gasteiger charge is -2.26. The molecule has 1 aliphatic heterocycles. The van der Waals surface area contributed by atoms with E-state index in [1.165, 1.54) is 12.5 Å². The summed E-state index contributed by atoms with van der Waals surface area (Å²) in [4.78, 5) is 24.8. The topological polar surface area (TPSA) is 82.7 Å². The molecular weight excluding hydrogens is 393 g/mol. The number of nitrogens with zero attached hydrogens (tertiary/aromatic N) is 2. The van der Waals surface area contributed by atoms with Crippen LogP contribution in [0.2, 0.25) is 0 Å². The molecule has 3 rings (SSSR count). The summed E-state index contributed by atoms with van der Waals surface area (Å²) in [6.45, 7) is 12.6. The number of amides is 1. The Morgan fingerprint density at radius 3 is 2.58 bits per heavy atom. The van der Waals surface area contributed by atoms with E-state index in [0.29, 0.717) is 24.2 Å². The Morgan fingerprint density at radius 2 is 1.97 bits per heavy atom. The number of carbonyl (C=O) groups excluding carboxylic acids is 1. The molecule has 0 aromatic carbocycles. The molecule has 0 unspecified atom stereocenters. The largest absolute Gasteiger partial charge is 0.364 e. The lowest BCUT2D eigenvalue weighted by atomic mass is 10.0. The average Bonchev–Trinajstić information content (AvgIpc) is 3.13. The van der Waals surface area contributed by atoms with Gasteiger partial charge in [-0.3, -0.25) is 4.79 Å². The molecule has 2 aromatic heterocycles. The Labute approximate surface area is 185 Å². The first-order chi connectivity index (χ1) is 14.7. The van der Waals surface area contributed by atoms with Crippen LogP contribution < -0.4 is 10.6 Å². The fourth-order valence-corrected chi connectivity index (χ4v) is 3.15. The van der Waals surface area contributed by atoms with E-state index in [4.69, 9.17) is 4.98 Å². The van der Waals surface area contributed by atoms with E-state index in [0.717, 1.165) is 41.4 Å². The van der Waals surface area contributed by atoms with Crippen LogP contribution in [-0.2, 0) is 12.8 Å². The van der Waals surface area contributed by atoms with Crippen LogP contribution in [0.5, 0.6) is 0 Å². The number of aromatic amines is 1. The van der Waals surface area contributed by atoms with Crippen LogP contribution in [-0.4, -0.2) is 39.6 Å². The molecule has 0 atom stereocenters. The van der Waals surface area contributed by atoms with Crippen LogP contribution in [0.1, 0.15) is 86.3 Å². The lowest BCUT2D eigenvalue weighted by molar-refractivity contribution is 0.0946. The number of carbonyl (C=O) groups is 1. The molecule has 0 saturated carbocycles. The van der Waals surface area contributed by atoms with Crippen molar-refractivity contribution in [2.24, 2.45) is 0 Å². The first kappa shape index (κ1) is 24.6. The highest BCUT2D eigenvalue weighted by Crippen LogP contribution is 2.23. The number of hydrogen-bond donors (Lipinski definition) is 3. The summed E-state index contributed by atoms with van der Waals surface area (Å²) in [5.41, 5.74) is 4.58. The number of rotatable bonds is 7. The molecule has 3 heterocycles. The van der Waals surface area contributed by atoms with Gasteiger partial charge in [0.25, 0.3) is 5.91 Å². The summed E-state index contributed by atoms with van der Waals surface area (Å²) in [7, 11) is 0. The number of nitrogens with one attached hydrogen (secondary N) is 3. The minimum Gasteiger partial charge on any atom is -0.364 e. The van der Waals surface area contributed by atoms with Gasteiger partial charge >= 0.3 is 0 Å². The molecule has 0 saturated heterocycles. The van der Waals surface area contributed by atoms with Crippen LogP contribution in [0.4, 0.5) is 10.2 Å². The van der Waals surface area contributed by atoms with E-state index in [9.17, 15) is 9.18 Å². The van der Waals surface area contributed by atoms with Crippen molar-refractivity contribution in [2.75, 3.05) is 18.5 Å². The Bertz CT molecular complexity index is 917. The van der Waals surface area contributed by atoms with Crippen molar-refractivity contribution in [3.8, 4) is 0 Å². The van der Waals surface area contributed by atoms with E-state index < -0.39 is 6.67 Å². The lowest BCUT2D eigenvalue weighted by Crippen LogP contribution is -2.31. The predicted molar refractivity (Wildman–Crippen MR) is 125 cm³/mol. The third-order valence-electron chi connectivity index (χ3n) is 5.10. The standard InChI is InChI=1S/C21H28FN5O.C3H8/c1-5-21(3,4)27-19-13(2)24-17(7-6-9-22)18(26-19)12-14-11-15-16(25-14)8-10-23-20(15)28;1-3-2/h6-7,11,25H,5,8-10,12H2,1-4H3,(H,23,28)(H,26,27);3H2,1-2H3/b7-6-;. The van der Waals surface area contributed by atoms with Gasteiger partial charge in [0.05, 0.1) is 22.6 Å². The van der Waals surface area contributed by atoms with Crippen molar-refractivity contribution in [3.63, 3.8) is 0 Å². The second-order valence-electron chi connectivity index (χ2n) is 8.49. The van der Waals surface area contributed by atoms with Crippen LogP contribution in [0, 0.1) is 6.92 Å². The molecule has 170 valence electrons. The number of aromatic nitrogens is 3. The van der Waals surface area contributed by atoms with Crippen molar-refractivity contribution < 1.29 is 9.18 Å². The second kappa shape index (κ2) is 11.1. The average molecular weight is 430 g/mol. The number of fused-ring (bicyclic) bond motifs is 1. The molecule has 0 fully saturated rings. The van der Waals surface area contributed by atoms with Gasteiger partial charge in [-0.25, -0.2) is 14.4 Å².